The Labute approximate surface area is 181 Å². The molecule has 0 aliphatic rings. The number of ether oxygens (including phenoxy) is 1. The Morgan fingerprint density at radius 1 is 1.00 bits per heavy atom. The SMILES string of the molecule is COC(=O)c1ccc(CNc2cccc(Cl)c2F)c(F)c1.Nc1cccc(Cl)c1F. The molecule has 0 radical (unpaired) electrons. The van der Waals surface area contributed by atoms with Gasteiger partial charge in [-0.2, -0.15) is 0 Å². The van der Waals surface area contributed by atoms with Crippen LogP contribution in [0.15, 0.2) is 54.6 Å². The quantitative estimate of drug-likeness (QED) is 0.368. The number of hydrogen-bond donors (Lipinski definition) is 2. The number of methoxy groups -OCH3 is 1. The van der Waals surface area contributed by atoms with Crippen molar-refractivity contribution in [3.8, 4) is 0 Å². The van der Waals surface area contributed by atoms with Crippen molar-refractivity contribution in [3.05, 3.63) is 93.2 Å². The minimum atomic E-state index is -0.616. The molecule has 158 valence electrons. The molecular formula is C21H17Cl2F3N2O2. The fourth-order valence-corrected chi connectivity index (χ4v) is 2.64. The van der Waals surface area contributed by atoms with Crippen molar-refractivity contribution in [3.63, 3.8) is 0 Å². The van der Waals surface area contributed by atoms with Crippen LogP contribution < -0.4 is 11.1 Å². The predicted molar refractivity (Wildman–Crippen MR) is 112 cm³/mol. The molecule has 3 aromatic rings. The summed E-state index contributed by atoms with van der Waals surface area (Å²) in [6.45, 7) is 0.0601. The largest absolute Gasteiger partial charge is 0.465 e. The molecule has 0 aromatic heterocycles. The summed E-state index contributed by atoms with van der Waals surface area (Å²) in [6.07, 6.45) is 0. The van der Waals surface area contributed by atoms with Gasteiger partial charge >= 0.3 is 5.97 Å². The number of anilines is 2. The highest BCUT2D eigenvalue weighted by Crippen LogP contribution is 2.23. The Hall–Kier alpha value is -2.90. The Kier molecular flexibility index (Phi) is 8.38. The maximum Gasteiger partial charge on any atom is 0.337 e. The lowest BCUT2D eigenvalue weighted by Crippen LogP contribution is -2.06. The number of nitrogens with two attached hydrogens (primary N) is 1. The summed E-state index contributed by atoms with van der Waals surface area (Å²) in [6, 6.07) is 13.0. The number of hydrogen-bond acceptors (Lipinski definition) is 4. The smallest absolute Gasteiger partial charge is 0.337 e. The lowest BCUT2D eigenvalue weighted by Gasteiger charge is -2.10. The van der Waals surface area contributed by atoms with Crippen molar-refractivity contribution in [2.24, 2.45) is 0 Å². The maximum atomic E-state index is 13.9. The number of benzene rings is 3. The first-order chi connectivity index (χ1) is 14.2. The van der Waals surface area contributed by atoms with Crippen LogP contribution in [0, 0.1) is 17.5 Å². The Balaban J connectivity index is 0.000000297. The molecule has 30 heavy (non-hydrogen) atoms. The van der Waals surface area contributed by atoms with Crippen LogP contribution in [0.5, 0.6) is 0 Å². The van der Waals surface area contributed by atoms with Crippen LogP contribution in [0.1, 0.15) is 15.9 Å². The number of nitrogens with one attached hydrogen (secondary N) is 1. The highest BCUT2D eigenvalue weighted by Gasteiger charge is 2.11. The molecule has 3 N–H and O–H groups in total. The second-order valence-corrected chi connectivity index (χ2v) is 6.71. The zero-order valence-electron chi connectivity index (χ0n) is 15.7. The summed E-state index contributed by atoms with van der Waals surface area (Å²) in [4.78, 5) is 11.3. The van der Waals surface area contributed by atoms with Crippen LogP contribution in [0.25, 0.3) is 0 Å². The molecule has 0 saturated heterocycles. The first kappa shape index (κ1) is 23.4. The normalized spacial score (nSPS) is 10.1. The zero-order chi connectivity index (χ0) is 22.3. The van der Waals surface area contributed by atoms with E-state index in [-0.39, 0.29) is 33.5 Å². The molecule has 0 saturated carbocycles. The number of carbonyl (C=O) groups excluding carboxylic acids is 1. The van der Waals surface area contributed by atoms with E-state index in [0.717, 1.165) is 6.07 Å². The molecule has 0 unspecified atom stereocenters. The first-order valence-corrected chi connectivity index (χ1v) is 9.24. The number of rotatable bonds is 4. The van der Waals surface area contributed by atoms with E-state index in [2.05, 4.69) is 10.1 Å². The fourth-order valence-electron chi connectivity index (χ4n) is 2.29. The summed E-state index contributed by atoms with van der Waals surface area (Å²) in [7, 11) is 1.22. The topological polar surface area (TPSA) is 64.3 Å². The highest BCUT2D eigenvalue weighted by atomic mass is 35.5. The second-order valence-electron chi connectivity index (χ2n) is 5.90. The number of esters is 1. The summed E-state index contributed by atoms with van der Waals surface area (Å²) < 4.78 is 44.5. The minimum Gasteiger partial charge on any atom is -0.465 e. The van der Waals surface area contributed by atoms with Crippen molar-refractivity contribution < 1.29 is 22.7 Å². The minimum absolute atomic E-state index is 0.0125. The third kappa shape index (κ3) is 6.05. The average Bonchev–Trinajstić information content (AvgIpc) is 2.73. The first-order valence-electron chi connectivity index (χ1n) is 8.48. The van der Waals surface area contributed by atoms with Crippen LogP contribution in [0.4, 0.5) is 24.5 Å². The van der Waals surface area contributed by atoms with Crippen LogP contribution >= 0.6 is 23.2 Å². The zero-order valence-corrected chi connectivity index (χ0v) is 17.2. The number of halogens is 5. The van der Waals surface area contributed by atoms with Crippen LogP contribution in [0.3, 0.4) is 0 Å². The van der Waals surface area contributed by atoms with Crippen molar-refractivity contribution in [2.75, 3.05) is 18.2 Å². The molecule has 3 rings (SSSR count). The van der Waals surface area contributed by atoms with Gasteiger partial charge in [0.15, 0.2) is 11.6 Å². The van der Waals surface area contributed by atoms with Gasteiger partial charge in [-0.15, -0.1) is 0 Å². The summed E-state index contributed by atoms with van der Waals surface area (Å²) in [5, 5.41) is 2.81. The standard InChI is InChI=1S/C15H12ClF2NO2.C6H5ClFN/c1-21-15(20)9-5-6-10(12(17)7-9)8-19-13-4-2-3-11(16)14(13)18;7-4-2-1-3-5(9)6(4)8/h2-7,19H,8H2,1H3;1-3H,9H2. The van der Waals surface area contributed by atoms with E-state index >= 15 is 0 Å². The highest BCUT2D eigenvalue weighted by molar-refractivity contribution is 6.31. The molecule has 4 nitrogen and oxygen atoms in total. The monoisotopic (exact) mass is 456 g/mol. The van der Waals surface area contributed by atoms with Crippen LogP contribution in [0.2, 0.25) is 10.0 Å². The van der Waals surface area contributed by atoms with Gasteiger partial charge in [0.25, 0.3) is 0 Å². The van der Waals surface area contributed by atoms with Crippen molar-refractivity contribution in [2.45, 2.75) is 6.54 Å². The maximum absolute atomic E-state index is 13.9. The molecule has 0 heterocycles. The van der Waals surface area contributed by atoms with Crippen LogP contribution in [-0.4, -0.2) is 13.1 Å². The van der Waals surface area contributed by atoms with Gasteiger partial charge in [0.05, 0.1) is 34.1 Å². The van der Waals surface area contributed by atoms with E-state index < -0.39 is 23.4 Å². The van der Waals surface area contributed by atoms with Gasteiger partial charge in [-0.1, -0.05) is 41.4 Å². The van der Waals surface area contributed by atoms with Crippen molar-refractivity contribution >= 4 is 40.5 Å². The molecular weight excluding hydrogens is 440 g/mol. The van der Waals surface area contributed by atoms with E-state index in [1.54, 1.807) is 12.1 Å². The van der Waals surface area contributed by atoms with E-state index in [1.807, 2.05) is 0 Å². The fraction of sp³-hybridized carbons (Fsp3) is 0.0952. The average molecular weight is 457 g/mol. The molecule has 9 heteroatoms. The van der Waals surface area contributed by atoms with Gasteiger partial charge in [-0.3, -0.25) is 0 Å². The van der Waals surface area contributed by atoms with E-state index in [0.29, 0.717) is 5.56 Å². The Morgan fingerprint density at radius 3 is 2.20 bits per heavy atom. The molecule has 0 atom stereocenters. The predicted octanol–water partition coefficient (Wildman–Crippen LogP) is 6.08. The second kappa shape index (κ2) is 10.8. The van der Waals surface area contributed by atoms with Crippen molar-refractivity contribution in [1.82, 2.24) is 0 Å². The van der Waals surface area contributed by atoms with E-state index in [4.69, 9.17) is 28.9 Å². The lowest BCUT2D eigenvalue weighted by molar-refractivity contribution is 0.0600. The third-order valence-corrected chi connectivity index (χ3v) is 4.46. The van der Waals surface area contributed by atoms with Gasteiger partial charge in [0.1, 0.15) is 5.82 Å². The Morgan fingerprint density at radius 2 is 1.63 bits per heavy atom. The van der Waals surface area contributed by atoms with Gasteiger partial charge in [-0.05, 0) is 36.4 Å². The number of carbonyl (C=O) groups is 1. The molecule has 0 aliphatic carbocycles. The van der Waals surface area contributed by atoms with Gasteiger partial charge < -0.3 is 15.8 Å². The molecule has 0 amide bonds. The molecule has 0 spiro atoms. The van der Waals surface area contributed by atoms with E-state index in [1.165, 1.54) is 43.5 Å². The van der Waals surface area contributed by atoms with E-state index in [9.17, 15) is 18.0 Å². The summed E-state index contributed by atoms with van der Waals surface area (Å²) in [5.41, 5.74) is 5.84. The molecule has 0 aliphatic heterocycles. The van der Waals surface area contributed by atoms with Gasteiger partial charge in [0.2, 0.25) is 0 Å². The molecule has 0 bridgehead atoms. The Bertz CT molecular complexity index is 1030. The van der Waals surface area contributed by atoms with Crippen LogP contribution in [-0.2, 0) is 11.3 Å². The van der Waals surface area contributed by atoms with Gasteiger partial charge in [0, 0.05) is 12.1 Å². The van der Waals surface area contributed by atoms with Gasteiger partial charge in [-0.25, -0.2) is 18.0 Å². The number of nitrogen functional groups attached to an aromatic ring is 1. The van der Waals surface area contributed by atoms with Crippen molar-refractivity contribution in [1.29, 1.82) is 0 Å². The molecule has 3 aromatic carbocycles. The third-order valence-electron chi connectivity index (χ3n) is 3.88. The summed E-state index contributed by atoms with van der Waals surface area (Å²) >= 11 is 11.0. The lowest BCUT2D eigenvalue weighted by atomic mass is 10.1. The molecule has 0 fully saturated rings. The summed E-state index contributed by atoms with van der Waals surface area (Å²) in [5.74, 6) is -2.33.